The fraction of sp³-hybridized carbons (Fsp3) is 0.529. The Labute approximate surface area is 153 Å². The lowest BCUT2D eigenvalue weighted by molar-refractivity contribution is -0.141. The maximum atomic E-state index is 12.4. The highest BCUT2D eigenvalue weighted by atomic mass is 32.2. The monoisotopic (exact) mass is 383 g/mol. The van der Waals surface area contributed by atoms with Gasteiger partial charge in [-0.15, -0.1) is 0 Å². The predicted molar refractivity (Wildman–Crippen MR) is 97.4 cm³/mol. The van der Waals surface area contributed by atoms with E-state index in [4.69, 9.17) is 5.11 Å². The number of hydrogen-bond donors (Lipinski definition) is 3. The maximum Gasteiger partial charge on any atom is 0.319 e. The summed E-state index contributed by atoms with van der Waals surface area (Å²) in [6.45, 7) is 3.57. The van der Waals surface area contributed by atoms with Crippen LogP contribution in [0.2, 0.25) is 0 Å². The number of carbonyl (C=O) groups excluding carboxylic acids is 1. The topological polar surface area (TPSA) is 116 Å². The molecule has 2 atom stereocenters. The number of carboxylic acids is 1. The highest BCUT2D eigenvalue weighted by Crippen LogP contribution is 2.25. The Kier molecular flexibility index (Phi) is 6.25. The van der Waals surface area contributed by atoms with E-state index in [1.807, 2.05) is 0 Å². The molecule has 0 heterocycles. The number of amides is 2. The molecule has 1 aliphatic rings. The summed E-state index contributed by atoms with van der Waals surface area (Å²) in [6, 6.07) is 5.17. The van der Waals surface area contributed by atoms with Crippen molar-refractivity contribution in [2.45, 2.75) is 50.1 Å². The second-order valence-corrected chi connectivity index (χ2v) is 8.78. The van der Waals surface area contributed by atoms with Crippen molar-refractivity contribution in [2.24, 2.45) is 5.92 Å². The van der Waals surface area contributed by atoms with E-state index < -0.39 is 27.9 Å². The molecule has 0 unspecified atom stereocenters. The van der Waals surface area contributed by atoms with Crippen LogP contribution in [0.1, 0.15) is 33.1 Å². The van der Waals surface area contributed by atoms with Crippen molar-refractivity contribution in [2.75, 3.05) is 12.4 Å². The number of nitrogens with one attached hydrogen (secondary N) is 2. The summed E-state index contributed by atoms with van der Waals surface area (Å²) in [7, 11) is -2.05. The Balaban J connectivity index is 1.95. The Hall–Kier alpha value is -2.13. The van der Waals surface area contributed by atoms with Gasteiger partial charge in [-0.25, -0.2) is 13.2 Å². The molecule has 8 nitrogen and oxygen atoms in total. The van der Waals surface area contributed by atoms with Crippen molar-refractivity contribution in [1.82, 2.24) is 9.62 Å². The van der Waals surface area contributed by atoms with Crippen molar-refractivity contribution in [1.29, 1.82) is 0 Å². The van der Waals surface area contributed by atoms with Gasteiger partial charge in [-0.2, -0.15) is 4.31 Å². The lowest BCUT2D eigenvalue weighted by atomic mass is 10.1. The zero-order valence-corrected chi connectivity index (χ0v) is 15.9. The summed E-state index contributed by atoms with van der Waals surface area (Å²) in [5, 5.41) is 14.4. The minimum atomic E-state index is -3.57. The molecule has 0 aromatic heterocycles. The van der Waals surface area contributed by atoms with E-state index in [2.05, 4.69) is 10.6 Å². The van der Waals surface area contributed by atoms with Gasteiger partial charge in [0, 0.05) is 24.8 Å². The number of hydrogen-bond acceptors (Lipinski definition) is 4. The number of rotatable bonds is 6. The zero-order chi connectivity index (χ0) is 19.5. The van der Waals surface area contributed by atoms with Crippen LogP contribution in [0, 0.1) is 5.92 Å². The van der Waals surface area contributed by atoms with Crippen molar-refractivity contribution >= 4 is 27.7 Å². The van der Waals surface area contributed by atoms with Gasteiger partial charge in [-0.05, 0) is 57.4 Å². The van der Waals surface area contributed by atoms with E-state index in [-0.39, 0.29) is 17.0 Å². The minimum Gasteiger partial charge on any atom is -0.481 e. The van der Waals surface area contributed by atoms with E-state index in [0.29, 0.717) is 24.9 Å². The molecule has 26 heavy (non-hydrogen) atoms. The first-order chi connectivity index (χ1) is 12.1. The average molecular weight is 383 g/mol. The maximum absolute atomic E-state index is 12.4. The van der Waals surface area contributed by atoms with Crippen LogP contribution in [0.3, 0.4) is 0 Å². The summed E-state index contributed by atoms with van der Waals surface area (Å²) in [4.78, 5) is 23.1. The van der Waals surface area contributed by atoms with E-state index in [0.717, 1.165) is 0 Å². The van der Waals surface area contributed by atoms with Crippen LogP contribution in [0.15, 0.2) is 29.2 Å². The molecule has 1 aromatic carbocycles. The molecule has 9 heteroatoms. The van der Waals surface area contributed by atoms with Gasteiger partial charge in [0.1, 0.15) is 0 Å². The van der Waals surface area contributed by atoms with Gasteiger partial charge in [0.2, 0.25) is 10.0 Å². The molecule has 1 aromatic rings. The van der Waals surface area contributed by atoms with Gasteiger partial charge in [-0.1, -0.05) is 0 Å². The quantitative estimate of drug-likeness (QED) is 0.696. The van der Waals surface area contributed by atoms with Crippen LogP contribution in [0.4, 0.5) is 10.5 Å². The lowest BCUT2D eigenvalue weighted by Gasteiger charge is -2.21. The first-order valence-electron chi connectivity index (χ1n) is 8.49. The van der Waals surface area contributed by atoms with Gasteiger partial charge in [0.25, 0.3) is 0 Å². The van der Waals surface area contributed by atoms with Gasteiger partial charge in [0.15, 0.2) is 0 Å². The van der Waals surface area contributed by atoms with E-state index in [1.165, 1.54) is 35.6 Å². The number of aliphatic carboxylic acids is 1. The molecule has 1 saturated carbocycles. The van der Waals surface area contributed by atoms with Crippen LogP contribution in [0.5, 0.6) is 0 Å². The number of nitrogens with zero attached hydrogens (tertiary/aromatic N) is 1. The largest absolute Gasteiger partial charge is 0.481 e. The molecular weight excluding hydrogens is 358 g/mol. The van der Waals surface area contributed by atoms with E-state index in [9.17, 15) is 18.0 Å². The normalized spacial score (nSPS) is 20.3. The predicted octanol–water partition coefficient (Wildman–Crippen LogP) is 2.09. The Morgan fingerprint density at radius 3 is 2.31 bits per heavy atom. The van der Waals surface area contributed by atoms with Crippen molar-refractivity contribution < 1.29 is 23.1 Å². The minimum absolute atomic E-state index is 0.153. The number of carbonyl (C=O) groups is 2. The summed E-state index contributed by atoms with van der Waals surface area (Å²) >= 11 is 0. The summed E-state index contributed by atoms with van der Waals surface area (Å²) in [5.74, 6) is -1.25. The molecule has 0 saturated heterocycles. The fourth-order valence-corrected chi connectivity index (χ4v) is 4.21. The van der Waals surface area contributed by atoms with Crippen molar-refractivity contribution in [3.8, 4) is 0 Å². The average Bonchev–Trinajstić information content (AvgIpc) is 3.03. The smallest absolute Gasteiger partial charge is 0.319 e. The molecule has 144 valence electrons. The Morgan fingerprint density at radius 2 is 1.81 bits per heavy atom. The second-order valence-electron chi connectivity index (χ2n) is 6.78. The van der Waals surface area contributed by atoms with Gasteiger partial charge in [0.05, 0.1) is 10.8 Å². The Morgan fingerprint density at radius 1 is 1.19 bits per heavy atom. The molecule has 3 N–H and O–H groups in total. The summed E-state index contributed by atoms with van der Waals surface area (Å²) in [5.41, 5.74) is 0.460. The second kappa shape index (κ2) is 8.05. The number of carboxylic acid groups (broad SMARTS) is 1. The van der Waals surface area contributed by atoms with Crippen LogP contribution in [0.25, 0.3) is 0 Å². The third-order valence-corrected chi connectivity index (χ3v) is 6.68. The van der Waals surface area contributed by atoms with Gasteiger partial charge < -0.3 is 15.7 Å². The first kappa shape index (κ1) is 20.2. The summed E-state index contributed by atoms with van der Waals surface area (Å²) < 4.78 is 26.1. The Bertz CT molecular complexity index is 761. The number of anilines is 1. The fourth-order valence-electron chi connectivity index (χ4n) is 2.84. The zero-order valence-electron chi connectivity index (χ0n) is 15.1. The van der Waals surface area contributed by atoms with Gasteiger partial charge >= 0.3 is 12.0 Å². The van der Waals surface area contributed by atoms with E-state index >= 15 is 0 Å². The van der Waals surface area contributed by atoms with Crippen molar-refractivity contribution in [3.05, 3.63) is 24.3 Å². The third-order valence-electron chi connectivity index (χ3n) is 4.63. The lowest BCUT2D eigenvalue weighted by Crippen LogP contribution is -2.36. The number of sulfonamides is 1. The molecule has 0 aliphatic heterocycles. The van der Waals surface area contributed by atoms with Crippen molar-refractivity contribution in [3.63, 3.8) is 0 Å². The third kappa shape index (κ3) is 4.73. The standard InChI is InChI=1S/C17H25N3O5S/c1-11(2)20(3)26(24,25)15-8-6-13(7-9-15)18-17(23)19-14-5-4-12(10-14)16(21)22/h6-9,11-12,14H,4-5,10H2,1-3H3,(H,21,22)(H2,18,19,23)/t12-,14+/m0/s1. The van der Waals surface area contributed by atoms with Crippen LogP contribution in [-0.4, -0.2) is 49.0 Å². The highest BCUT2D eigenvalue weighted by Gasteiger charge is 2.30. The molecule has 1 aliphatic carbocycles. The molecular formula is C17H25N3O5S. The number of urea groups is 1. The summed E-state index contributed by atoms with van der Waals surface area (Å²) in [6.07, 6.45) is 1.60. The number of benzene rings is 1. The molecule has 0 radical (unpaired) electrons. The van der Waals surface area contributed by atoms with Crippen LogP contribution in [-0.2, 0) is 14.8 Å². The first-order valence-corrected chi connectivity index (χ1v) is 9.93. The van der Waals surface area contributed by atoms with Gasteiger partial charge in [-0.3, -0.25) is 4.79 Å². The highest BCUT2D eigenvalue weighted by molar-refractivity contribution is 7.89. The molecule has 2 rings (SSSR count). The SMILES string of the molecule is CC(C)N(C)S(=O)(=O)c1ccc(NC(=O)N[C@@H]2CC[C@H](C(=O)O)C2)cc1. The molecule has 0 bridgehead atoms. The molecule has 0 spiro atoms. The van der Waals surface area contributed by atoms with Crippen LogP contribution < -0.4 is 10.6 Å². The van der Waals surface area contributed by atoms with E-state index in [1.54, 1.807) is 13.8 Å². The molecule has 2 amide bonds. The van der Waals surface area contributed by atoms with Crippen LogP contribution >= 0.6 is 0 Å². The molecule has 1 fully saturated rings.